The van der Waals surface area contributed by atoms with Crippen LogP contribution in [0.2, 0.25) is 0 Å². The molecule has 6 unspecified atom stereocenters. The van der Waals surface area contributed by atoms with Crippen LogP contribution in [0.15, 0.2) is 0 Å². The molecule has 1 aliphatic rings. The van der Waals surface area contributed by atoms with E-state index in [-0.39, 0.29) is 5.04 Å². The summed E-state index contributed by atoms with van der Waals surface area (Å²) in [5, 5.41) is 46.3. The van der Waals surface area contributed by atoms with Gasteiger partial charge in [0.1, 0.15) is 29.9 Å². The first kappa shape index (κ1) is 19.0. The predicted octanol–water partition coefficient (Wildman–Crippen LogP) is -0.954. The zero-order valence-electron chi connectivity index (χ0n) is 11.8. The lowest BCUT2D eigenvalue weighted by atomic mass is 10.0. The molecule has 9 heteroatoms. The molecule has 1 heterocycles. The van der Waals surface area contributed by atoms with E-state index in [4.69, 9.17) is 15.3 Å². The molecular weight excluding hydrogens is 318 g/mol. The molecule has 6 atom stereocenters. The highest BCUT2D eigenvalue weighted by Gasteiger charge is 2.43. The average molecular weight is 341 g/mol. The molecule has 1 rings (SSSR count). The molecule has 0 spiro atoms. The van der Waals surface area contributed by atoms with Gasteiger partial charge in [-0.25, -0.2) is 0 Å². The minimum atomic E-state index is -1.41. The third-order valence-electron chi connectivity index (χ3n) is 3.19. The summed E-state index contributed by atoms with van der Waals surface area (Å²) < 4.78 is 16.2. The number of nitrogens with one attached hydrogen (secondary N) is 1. The van der Waals surface area contributed by atoms with Crippen LogP contribution in [0.5, 0.6) is 0 Å². The van der Waals surface area contributed by atoms with Gasteiger partial charge in [0, 0.05) is 22.8 Å². The lowest BCUT2D eigenvalue weighted by molar-refractivity contribution is -0.205. The molecule has 21 heavy (non-hydrogen) atoms. The van der Waals surface area contributed by atoms with Gasteiger partial charge < -0.3 is 25.2 Å². The first-order valence-electron chi connectivity index (χ1n) is 6.71. The number of aliphatic hydroxyl groups is 4. The zero-order chi connectivity index (χ0) is 16.0. The van der Waals surface area contributed by atoms with Gasteiger partial charge >= 0.3 is 0 Å². The molecule has 7 nitrogen and oxygen atoms in total. The molecule has 0 aromatic carbocycles. The highest BCUT2D eigenvalue weighted by atomic mass is 32.2. The van der Waals surface area contributed by atoms with Crippen molar-refractivity contribution in [3.8, 4) is 0 Å². The average Bonchev–Trinajstić information content (AvgIpc) is 2.44. The molecule has 0 amide bonds. The van der Waals surface area contributed by atoms with Crippen molar-refractivity contribution in [2.24, 2.45) is 0 Å². The minimum Gasteiger partial charge on any atom is -0.394 e. The maximum atomic E-state index is 10.9. The zero-order valence-corrected chi connectivity index (χ0v) is 13.5. The van der Waals surface area contributed by atoms with Gasteiger partial charge in [0.25, 0.3) is 0 Å². The van der Waals surface area contributed by atoms with Crippen LogP contribution in [-0.4, -0.2) is 78.1 Å². The summed E-state index contributed by atoms with van der Waals surface area (Å²) in [7, 11) is -0.838. The Morgan fingerprint density at radius 3 is 2.48 bits per heavy atom. The van der Waals surface area contributed by atoms with E-state index >= 15 is 0 Å². The monoisotopic (exact) mass is 341 g/mol. The van der Waals surface area contributed by atoms with E-state index in [1.165, 1.54) is 0 Å². The summed E-state index contributed by atoms with van der Waals surface area (Å²) in [5.74, 6) is 0.595. The van der Waals surface area contributed by atoms with Gasteiger partial charge in [0.2, 0.25) is 0 Å². The number of hydrogen-bond acceptors (Lipinski definition) is 8. The van der Waals surface area contributed by atoms with E-state index in [2.05, 4.69) is 0 Å². The van der Waals surface area contributed by atoms with E-state index < -0.39 is 47.3 Å². The fourth-order valence-corrected chi connectivity index (χ4v) is 3.61. The van der Waals surface area contributed by atoms with Crippen LogP contribution in [0, 0.1) is 5.41 Å². The molecule has 1 aliphatic heterocycles. The van der Waals surface area contributed by atoms with Crippen LogP contribution in [0.25, 0.3) is 0 Å². The molecule has 0 radical (unpaired) electrons. The van der Waals surface area contributed by atoms with E-state index in [0.29, 0.717) is 18.6 Å². The van der Waals surface area contributed by atoms with Crippen molar-refractivity contribution >= 4 is 27.6 Å². The van der Waals surface area contributed by atoms with Crippen molar-refractivity contribution < 1.29 is 29.4 Å². The van der Waals surface area contributed by atoms with Crippen LogP contribution in [-0.2, 0) is 15.5 Å². The Kier molecular flexibility index (Phi) is 8.32. The summed E-state index contributed by atoms with van der Waals surface area (Å²) in [4.78, 5) is 0. The highest BCUT2D eigenvalue weighted by Crippen LogP contribution is 2.29. The summed E-state index contributed by atoms with van der Waals surface area (Å²) in [6, 6.07) is 0. The van der Waals surface area contributed by atoms with Gasteiger partial charge in [-0.15, -0.1) is 0 Å². The van der Waals surface area contributed by atoms with E-state index in [1.54, 1.807) is 6.26 Å². The molecule has 0 aliphatic carbocycles. The number of aliphatic hydroxyl groups excluding tert-OH is 4. The molecule has 124 valence electrons. The van der Waals surface area contributed by atoms with Gasteiger partial charge in [-0.1, -0.05) is 11.8 Å². The number of hydrogen-bond donors (Lipinski definition) is 5. The maximum Gasteiger partial charge on any atom is 0.137 e. The third kappa shape index (κ3) is 5.93. The van der Waals surface area contributed by atoms with Crippen molar-refractivity contribution in [2.45, 2.75) is 49.1 Å². The Balaban J connectivity index is 2.41. The van der Waals surface area contributed by atoms with E-state index in [9.17, 15) is 19.5 Å². The van der Waals surface area contributed by atoms with Crippen molar-refractivity contribution in [2.75, 3.05) is 18.6 Å². The molecule has 0 bridgehead atoms. The van der Waals surface area contributed by atoms with Gasteiger partial charge in [-0.05, 0) is 19.3 Å². The predicted molar refractivity (Wildman–Crippen MR) is 81.9 cm³/mol. The standard InChI is InChI=1S/C12H23NO6S2/c1-21(18)5-3-2-4-8(13)20-12-11(17)10(16)9(15)7(6-14)19-12/h7,9-17H,2-6H2,1H3. The summed E-state index contributed by atoms with van der Waals surface area (Å²) >= 11 is 0.965. The van der Waals surface area contributed by atoms with Crippen LogP contribution in [0.4, 0.5) is 0 Å². The first-order valence-corrected chi connectivity index (χ1v) is 9.32. The van der Waals surface area contributed by atoms with Crippen LogP contribution in [0.3, 0.4) is 0 Å². The Morgan fingerprint density at radius 1 is 1.24 bits per heavy atom. The number of ether oxygens (including phenoxy) is 1. The number of thioether (sulfide) groups is 1. The lowest BCUT2D eigenvalue weighted by Gasteiger charge is -2.39. The molecule has 0 saturated carbocycles. The maximum absolute atomic E-state index is 10.9. The normalized spacial score (nSPS) is 34.6. The highest BCUT2D eigenvalue weighted by molar-refractivity contribution is 8.14. The third-order valence-corrected chi connectivity index (χ3v) is 5.17. The Morgan fingerprint density at radius 2 is 1.90 bits per heavy atom. The van der Waals surface area contributed by atoms with Gasteiger partial charge in [0.15, 0.2) is 0 Å². The quantitative estimate of drug-likeness (QED) is 0.229. The molecular formula is C12H23NO6S2. The first-order chi connectivity index (χ1) is 9.86. The number of unbranched alkanes of at least 4 members (excludes halogenated alkanes) is 1. The molecule has 5 N–H and O–H groups in total. The van der Waals surface area contributed by atoms with Gasteiger partial charge in [-0.3, -0.25) is 9.62 Å². The van der Waals surface area contributed by atoms with Crippen LogP contribution >= 0.6 is 11.8 Å². The Bertz CT molecular complexity index is 368. The fourth-order valence-electron chi connectivity index (χ4n) is 1.95. The number of rotatable bonds is 7. The summed E-state index contributed by atoms with van der Waals surface area (Å²) in [6.07, 6.45) is -1.50. The summed E-state index contributed by atoms with van der Waals surface area (Å²) in [6.45, 7) is -0.475. The molecule has 0 aromatic rings. The largest absolute Gasteiger partial charge is 0.394 e. The summed E-state index contributed by atoms with van der Waals surface area (Å²) in [5.41, 5.74) is -0.895. The second kappa shape index (κ2) is 9.19. The SMILES string of the molecule is CS(=O)CCCCC(=N)SC1OC(CO)C(O)C(O)C1O. The van der Waals surface area contributed by atoms with Crippen molar-refractivity contribution in [1.82, 2.24) is 0 Å². The minimum absolute atomic E-state index is 0.279. The van der Waals surface area contributed by atoms with Crippen molar-refractivity contribution in [3.05, 3.63) is 0 Å². The molecule has 1 fully saturated rings. The smallest absolute Gasteiger partial charge is 0.137 e. The molecule has 1 saturated heterocycles. The van der Waals surface area contributed by atoms with E-state index in [1.807, 2.05) is 0 Å². The van der Waals surface area contributed by atoms with Crippen LogP contribution < -0.4 is 0 Å². The van der Waals surface area contributed by atoms with E-state index in [0.717, 1.165) is 18.2 Å². The second-order valence-corrected chi connectivity index (χ2v) is 7.72. The van der Waals surface area contributed by atoms with Crippen LogP contribution in [0.1, 0.15) is 19.3 Å². The van der Waals surface area contributed by atoms with Gasteiger partial charge in [0.05, 0.1) is 11.7 Å². The topological polar surface area (TPSA) is 131 Å². The Hall–Kier alpha value is -0.0300. The van der Waals surface area contributed by atoms with Crippen molar-refractivity contribution in [3.63, 3.8) is 0 Å². The Labute approximate surface area is 130 Å². The van der Waals surface area contributed by atoms with Crippen molar-refractivity contribution in [1.29, 1.82) is 5.41 Å². The second-order valence-electron chi connectivity index (χ2n) is 4.97. The fraction of sp³-hybridized carbons (Fsp3) is 0.917. The lowest BCUT2D eigenvalue weighted by Crippen LogP contribution is -2.57. The van der Waals surface area contributed by atoms with Gasteiger partial charge in [-0.2, -0.15) is 0 Å². The molecule has 0 aromatic heterocycles.